The molecule has 29 heavy (non-hydrogen) atoms. The van der Waals surface area contributed by atoms with E-state index in [-0.39, 0.29) is 5.91 Å². The predicted molar refractivity (Wildman–Crippen MR) is 119 cm³/mol. The molecule has 5 nitrogen and oxygen atoms in total. The smallest absolute Gasteiger partial charge is 0.248 e. The van der Waals surface area contributed by atoms with Gasteiger partial charge in [0, 0.05) is 41.8 Å². The minimum atomic E-state index is -0.144. The van der Waals surface area contributed by atoms with Crippen LogP contribution in [-0.4, -0.2) is 28.8 Å². The molecule has 5 heteroatoms. The van der Waals surface area contributed by atoms with Crippen molar-refractivity contribution in [3.8, 4) is 5.69 Å². The average Bonchev–Trinajstić information content (AvgIpc) is 3.36. The SMILES string of the molecule is Cc1nn(-c2ccccc2)c(C)c1C=CC(=O)Nc1cccc(N2CCCC2)c1. The number of carbonyl (C=O) groups excluding carboxylic acids is 1. The highest BCUT2D eigenvalue weighted by molar-refractivity contribution is 6.02. The number of nitrogens with one attached hydrogen (secondary N) is 1. The first-order valence-corrected chi connectivity index (χ1v) is 10.1. The molecule has 1 amide bonds. The van der Waals surface area contributed by atoms with Crippen LogP contribution in [0.4, 0.5) is 11.4 Å². The molecule has 1 fully saturated rings. The van der Waals surface area contributed by atoms with E-state index in [2.05, 4.69) is 21.4 Å². The van der Waals surface area contributed by atoms with E-state index in [1.54, 1.807) is 6.08 Å². The number of para-hydroxylation sites is 1. The van der Waals surface area contributed by atoms with Gasteiger partial charge < -0.3 is 10.2 Å². The number of aryl methyl sites for hydroxylation is 1. The van der Waals surface area contributed by atoms with Gasteiger partial charge in [0.1, 0.15) is 0 Å². The third kappa shape index (κ3) is 4.24. The van der Waals surface area contributed by atoms with Gasteiger partial charge in [-0.15, -0.1) is 0 Å². The first kappa shape index (κ1) is 19.0. The molecule has 1 aliphatic heterocycles. The van der Waals surface area contributed by atoms with Gasteiger partial charge in [0.2, 0.25) is 5.91 Å². The molecule has 0 saturated carbocycles. The van der Waals surface area contributed by atoms with E-state index in [4.69, 9.17) is 0 Å². The van der Waals surface area contributed by atoms with Gasteiger partial charge in [-0.1, -0.05) is 24.3 Å². The van der Waals surface area contributed by atoms with E-state index in [9.17, 15) is 4.79 Å². The Morgan fingerprint density at radius 3 is 2.48 bits per heavy atom. The summed E-state index contributed by atoms with van der Waals surface area (Å²) in [5, 5.41) is 7.60. The van der Waals surface area contributed by atoms with Crippen LogP contribution in [0, 0.1) is 13.8 Å². The molecule has 0 bridgehead atoms. The van der Waals surface area contributed by atoms with Crippen molar-refractivity contribution in [2.24, 2.45) is 0 Å². The first-order valence-electron chi connectivity index (χ1n) is 10.1. The monoisotopic (exact) mass is 386 g/mol. The summed E-state index contributed by atoms with van der Waals surface area (Å²) in [4.78, 5) is 14.8. The predicted octanol–water partition coefficient (Wildman–Crippen LogP) is 4.74. The fourth-order valence-corrected chi connectivity index (χ4v) is 3.82. The molecule has 148 valence electrons. The van der Waals surface area contributed by atoms with E-state index in [1.165, 1.54) is 18.5 Å². The Hall–Kier alpha value is -3.34. The normalized spacial score (nSPS) is 13.9. The lowest BCUT2D eigenvalue weighted by atomic mass is 10.2. The van der Waals surface area contributed by atoms with Crippen molar-refractivity contribution in [3.05, 3.63) is 77.6 Å². The van der Waals surface area contributed by atoms with E-state index in [0.717, 1.165) is 41.4 Å². The Morgan fingerprint density at radius 1 is 1.00 bits per heavy atom. The second-order valence-electron chi connectivity index (χ2n) is 7.40. The molecule has 2 heterocycles. The lowest BCUT2D eigenvalue weighted by molar-refractivity contribution is -0.111. The van der Waals surface area contributed by atoms with Crippen LogP contribution in [-0.2, 0) is 4.79 Å². The van der Waals surface area contributed by atoms with Gasteiger partial charge in [-0.2, -0.15) is 5.10 Å². The van der Waals surface area contributed by atoms with Gasteiger partial charge >= 0.3 is 0 Å². The number of benzene rings is 2. The highest BCUT2D eigenvalue weighted by atomic mass is 16.1. The van der Waals surface area contributed by atoms with Crippen LogP contribution in [0.3, 0.4) is 0 Å². The van der Waals surface area contributed by atoms with Crippen LogP contribution in [0.5, 0.6) is 0 Å². The molecular formula is C24H26N4O. The first-order chi connectivity index (χ1) is 14.1. The van der Waals surface area contributed by atoms with Crippen molar-refractivity contribution in [1.82, 2.24) is 9.78 Å². The van der Waals surface area contributed by atoms with E-state index in [0.29, 0.717) is 0 Å². The second-order valence-corrected chi connectivity index (χ2v) is 7.40. The minimum Gasteiger partial charge on any atom is -0.371 e. The molecule has 0 aliphatic carbocycles. The summed E-state index contributed by atoms with van der Waals surface area (Å²) in [7, 11) is 0. The quantitative estimate of drug-likeness (QED) is 0.644. The van der Waals surface area contributed by atoms with Crippen LogP contribution in [0.25, 0.3) is 11.8 Å². The maximum Gasteiger partial charge on any atom is 0.248 e. The summed E-state index contributed by atoms with van der Waals surface area (Å²) >= 11 is 0. The molecule has 0 unspecified atom stereocenters. The summed E-state index contributed by atoms with van der Waals surface area (Å²) in [6, 6.07) is 18.1. The van der Waals surface area contributed by atoms with Gasteiger partial charge in [-0.25, -0.2) is 4.68 Å². The van der Waals surface area contributed by atoms with Crippen LogP contribution in [0.2, 0.25) is 0 Å². The van der Waals surface area contributed by atoms with E-state index < -0.39 is 0 Å². The third-order valence-corrected chi connectivity index (χ3v) is 5.33. The molecule has 0 spiro atoms. The second kappa shape index (κ2) is 8.35. The topological polar surface area (TPSA) is 50.2 Å². The zero-order chi connectivity index (χ0) is 20.2. The highest BCUT2D eigenvalue weighted by Crippen LogP contribution is 2.23. The Kier molecular flexibility index (Phi) is 5.47. The van der Waals surface area contributed by atoms with Crippen molar-refractivity contribution < 1.29 is 4.79 Å². The lowest BCUT2D eigenvalue weighted by Crippen LogP contribution is -2.17. The summed E-state index contributed by atoms with van der Waals surface area (Å²) in [5.74, 6) is -0.144. The number of amides is 1. The Bertz CT molecular complexity index is 1030. The number of carbonyl (C=O) groups is 1. The maximum atomic E-state index is 12.5. The molecule has 1 aliphatic rings. The standard InChI is InChI=1S/C24H26N4O/c1-18-23(19(2)28(26-18)21-10-4-3-5-11-21)13-14-24(29)25-20-9-8-12-22(17-20)27-15-6-7-16-27/h3-5,8-14,17H,6-7,15-16H2,1-2H3,(H,25,29). The van der Waals surface area contributed by atoms with Crippen LogP contribution >= 0.6 is 0 Å². The number of aromatic nitrogens is 2. The van der Waals surface area contributed by atoms with E-state index in [1.807, 2.05) is 73.1 Å². The lowest BCUT2D eigenvalue weighted by Gasteiger charge is -2.18. The van der Waals surface area contributed by atoms with Gasteiger partial charge in [-0.05, 0) is 63.1 Å². The van der Waals surface area contributed by atoms with E-state index >= 15 is 0 Å². The molecule has 1 N–H and O–H groups in total. The minimum absolute atomic E-state index is 0.144. The molecule has 4 rings (SSSR count). The Morgan fingerprint density at radius 2 is 1.72 bits per heavy atom. The van der Waals surface area contributed by atoms with Crippen LogP contribution < -0.4 is 10.2 Å². The van der Waals surface area contributed by atoms with Crippen molar-refractivity contribution in [3.63, 3.8) is 0 Å². The van der Waals surface area contributed by atoms with Crippen molar-refractivity contribution in [1.29, 1.82) is 0 Å². The van der Waals surface area contributed by atoms with Gasteiger partial charge in [-0.3, -0.25) is 4.79 Å². The fourth-order valence-electron chi connectivity index (χ4n) is 3.82. The maximum absolute atomic E-state index is 12.5. The average molecular weight is 386 g/mol. The number of hydrogen-bond acceptors (Lipinski definition) is 3. The van der Waals surface area contributed by atoms with Crippen molar-refractivity contribution in [2.45, 2.75) is 26.7 Å². The van der Waals surface area contributed by atoms with Crippen molar-refractivity contribution in [2.75, 3.05) is 23.3 Å². The number of anilines is 2. The largest absolute Gasteiger partial charge is 0.371 e. The highest BCUT2D eigenvalue weighted by Gasteiger charge is 2.13. The molecule has 1 saturated heterocycles. The van der Waals surface area contributed by atoms with Crippen LogP contribution in [0.1, 0.15) is 29.8 Å². The molecule has 0 atom stereocenters. The number of hydrogen-bond donors (Lipinski definition) is 1. The zero-order valence-electron chi connectivity index (χ0n) is 16.9. The molecular weight excluding hydrogens is 360 g/mol. The van der Waals surface area contributed by atoms with Crippen LogP contribution in [0.15, 0.2) is 60.7 Å². The number of nitrogens with zero attached hydrogens (tertiary/aromatic N) is 3. The summed E-state index contributed by atoms with van der Waals surface area (Å²) in [6.45, 7) is 6.15. The molecule has 2 aromatic carbocycles. The van der Waals surface area contributed by atoms with Crippen molar-refractivity contribution >= 4 is 23.4 Å². The summed E-state index contributed by atoms with van der Waals surface area (Å²) < 4.78 is 1.91. The summed E-state index contributed by atoms with van der Waals surface area (Å²) in [6.07, 6.45) is 5.88. The van der Waals surface area contributed by atoms with Gasteiger partial charge in [0.25, 0.3) is 0 Å². The van der Waals surface area contributed by atoms with Gasteiger partial charge in [0.15, 0.2) is 0 Å². The Balaban J connectivity index is 1.48. The Labute approximate surface area is 171 Å². The zero-order valence-corrected chi connectivity index (χ0v) is 16.9. The number of rotatable bonds is 5. The molecule has 3 aromatic rings. The third-order valence-electron chi connectivity index (χ3n) is 5.33. The fraction of sp³-hybridized carbons (Fsp3) is 0.250. The molecule has 1 aromatic heterocycles. The molecule has 0 radical (unpaired) electrons. The summed E-state index contributed by atoms with van der Waals surface area (Å²) in [5.41, 5.74) is 5.86. The van der Waals surface area contributed by atoms with Gasteiger partial charge in [0.05, 0.1) is 11.4 Å².